The fourth-order valence-corrected chi connectivity index (χ4v) is 2.70. The van der Waals surface area contributed by atoms with Gasteiger partial charge in [0.25, 0.3) is 0 Å². The second-order valence-corrected chi connectivity index (χ2v) is 5.43. The lowest BCUT2D eigenvalue weighted by Gasteiger charge is -2.37. The normalized spacial score (nSPS) is 20.3. The lowest BCUT2D eigenvalue weighted by atomic mass is 10.0. The van der Waals surface area contributed by atoms with Crippen molar-refractivity contribution in [2.24, 2.45) is 0 Å². The van der Waals surface area contributed by atoms with E-state index in [0.717, 1.165) is 25.2 Å². The van der Waals surface area contributed by atoms with Crippen molar-refractivity contribution in [1.82, 2.24) is 4.90 Å². The zero-order valence-electron chi connectivity index (χ0n) is 11.9. The maximum absolute atomic E-state index is 11.3. The Bertz CT molecular complexity index is 473. The summed E-state index contributed by atoms with van der Waals surface area (Å²) in [5, 5.41) is 9.90. The van der Waals surface area contributed by atoms with E-state index >= 15 is 0 Å². The van der Waals surface area contributed by atoms with Gasteiger partial charge in [-0.2, -0.15) is 0 Å². The van der Waals surface area contributed by atoms with E-state index in [1.807, 2.05) is 13.1 Å². The van der Waals surface area contributed by atoms with Gasteiger partial charge in [0, 0.05) is 31.4 Å². The average molecular weight is 262 g/mol. The van der Waals surface area contributed by atoms with Crippen LogP contribution >= 0.6 is 0 Å². The van der Waals surface area contributed by atoms with Crippen LogP contribution in [0.3, 0.4) is 0 Å². The van der Waals surface area contributed by atoms with Gasteiger partial charge in [-0.15, -0.1) is 0 Å². The summed E-state index contributed by atoms with van der Waals surface area (Å²) in [5.41, 5.74) is 1.35. The fraction of sp³-hybridized carbons (Fsp3) is 0.533. The number of benzene rings is 1. The molecule has 1 atom stereocenters. The predicted octanol–water partition coefficient (Wildman–Crippen LogP) is 2.13. The molecule has 0 spiro atoms. The van der Waals surface area contributed by atoms with Gasteiger partial charge in [-0.3, -0.25) is 4.79 Å². The van der Waals surface area contributed by atoms with Gasteiger partial charge in [0.15, 0.2) is 5.78 Å². The second kappa shape index (κ2) is 5.61. The van der Waals surface area contributed by atoms with E-state index in [1.54, 1.807) is 12.1 Å². The van der Waals surface area contributed by atoms with E-state index in [0.29, 0.717) is 11.6 Å². The average Bonchev–Trinajstić information content (AvgIpc) is 2.37. The number of carbonyl (C=O) groups excluding carboxylic acids is 1. The molecular weight excluding hydrogens is 240 g/mol. The third-order valence-electron chi connectivity index (χ3n) is 3.92. The summed E-state index contributed by atoms with van der Waals surface area (Å²) >= 11 is 0. The molecule has 1 heterocycles. The summed E-state index contributed by atoms with van der Waals surface area (Å²) in [4.78, 5) is 15.8. The van der Waals surface area contributed by atoms with Gasteiger partial charge in [0.05, 0.1) is 5.56 Å². The van der Waals surface area contributed by atoms with E-state index in [9.17, 15) is 9.90 Å². The highest BCUT2D eigenvalue weighted by Crippen LogP contribution is 2.27. The Labute approximate surface area is 114 Å². The molecule has 1 N–H and O–H groups in total. The summed E-state index contributed by atoms with van der Waals surface area (Å²) in [6.45, 7) is 3.65. The molecule has 0 aliphatic carbocycles. The van der Waals surface area contributed by atoms with Crippen LogP contribution in [-0.4, -0.2) is 49.0 Å². The molecular formula is C15H22N2O2. The zero-order chi connectivity index (χ0) is 14.0. The number of phenols is 1. The number of likely N-dealkylation sites (N-methyl/N-ethyl adjacent to an activating group) is 2. The minimum absolute atomic E-state index is 0.0704. The first-order valence-electron chi connectivity index (χ1n) is 6.74. The standard InChI is InChI=1S/C15H22N2O2/c1-11(18)14-7-6-12(9-15(14)19)17(3)13-5-4-8-16(2)10-13/h6-7,9,13,19H,4-5,8,10H2,1-3H3. The number of phenolic OH excluding ortho intramolecular Hbond substituents is 1. The second-order valence-electron chi connectivity index (χ2n) is 5.43. The molecule has 1 aliphatic rings. The van der Waals surface area contributed by atoms with Gasteiger partial charge in [0.2, 0.25) is 0 Å². The first-order chi connectivity index (χ1) is 8.99. The molecule has 2 rings (SSSR count). The van der Waals surface area contributed by atoms with Crippen molar-refractivity contribution < 1.29 is 9.90 Å². The Morgan fingerprint density at radius 2 is 2.21 bits per heavy atom. The molecule has 0 saturated carbocycles. The molecule has 104 valence electrons. The number of rotatable bonds is 3. The van der Waals surface area contributed by atoms with Crippen molar-refractivity contribution in [2.75, 3.05) is 32.1 Å². The molecule has 4 heteroatoms. The van der Waals surface area contributed by atoms with Crippen LogP contribution in [0.1, 0.15) is 30.1 Å². The van der Waals surface area contributed by atoms with E-state index in [2.05, 4.69) is 16.8 Å². The van der Waals surface area contributed by atoms with E-state index in [-0.39, 0.29) is 11.5 Å². The summed E-state index contributed by atoms with van der Waals surface area (Å²) < 4.78 is 0. The Morgan fingerprint density at radius 3 is 2.79 bits per heavy atom. The SMILES string of the molecule is CC(=O)c1ccc(N(C)C2CCCN(C)C2)cc1O. The number of hydrogen-bond donors (Lipinski definition) is 1. The monoisotopic (exact) mass is 262 g/mol. The lowest BCUT2D eigenvalue weighted by Crippen LogP contribution is -2.45. The molecule has 1 fully saturated rings. The first kappa shape index (κ1) is 13.9. The summed E-state index contributed by atoms with van der Waals surface area (Å²) in [7, 11) is 4.18. The van der Waals surface area contributed by atoms with Gasteiger partial charge in [-0.1, -0.05) is 0 Å². The first-order valence-corrected chi connectivity index (χ1v) is 6.74. The number of aromatic hydroxyl groups is 1. The molecule has 1 unspecified atom stereocenters. The lowest BCUT2D eigenvalue weighted by molar-refractivity contribution is 0.101. The highest BCUT2D eigenvalue weighted by atomic mass is 16.3. The zero-order valence-corrected chi connectivity index (χ0v) is 11.9. The van der Waals surface area contributed by atoms with Crippen LogP contribution in [0.2, 0.25) is 0 Å². The van der Waals surface area contributed by atoms with Crippen LogP contribution in [0.4, 0.5) is 5.69 Å². The number of ketones is 1. The molecule has 0 bridgehead atoms. The maximum atomic E-state index is 11.3. The molecule has 0 radical (unpaired) electrons. The van der Waals surface area contributed by atoms with Gasteiger partial charge in [0.1, 0.15) is 5.75 Å². The van der Waals surface area contributed by atoms with Gasteiger partial charge in [-0.05, 0) is 45.5 Å². The number of piperidine rings is 1. The van der Waals surface area contributed by atoms with E-state index < -0.39 is 0 Å². The van der Waals surface area contributed by atoms with Crippen LogP contribution in [0.25, 0.3) is 0 Å². The minimum atomic E-state index is -0.107. The van der Waals surface area contributed by atoms with Crippen LogP contribution < -0.4 is 4.90 Å². The van der Waals surface area contributed by atoms with Gasteiger partial charge in [-0.25, -0.2) is 0 Å². The molecule has 1 aromatic carbocycles. The maximum Gasteiger partial charge on any atom is 0.163 e. The highest BCUT2D eigenvalue weighted by molar-refractivity contribution is 5.97. The van der Waals surface area contributed by atoms with Gasteiger partial charge < -0.3 is 14.9 Å². The fourth-order valence-electron chi connectivity index (χ4n) is 2.70. The molecule has 19 heavy (non-hydrogen) atoms. The molecule has 4 nitrogen and oxygen atoms in total. The minimum Gasteiger partial charge on any atom is -0.507 e. The van der Waals surface area contributed by atoms with Crippen molar-refractivity contribution in [3.05, 3.63) is 23.8 Å². The van der Waals surface area contributed by atoms with Crippen molar-refractivity contribution in [3.63, 3.8) is 0 Å². The van der Waals surface area contributed by atoms with Crippen molar-refractivity contribution in [1.29, 1.82) is 0 Å². The van der Waals surface area contributed by atoms with Crippen molar-refractivity contribution in [2.45, 2.75) is 25.8 Å². The van der Waals surface area contributed by atoms with Crippen LogP contribution in [0.15, 0.2) is 18.2 Å². The van der Waals surface area contributed by atoms with Crippen LogP contribution in [0, 0.1) is 0 Å². The van der Waals surface area contributed by atoms with Crippen molar-refractivity contribution in [3.8, 4) is 5.75 Å². The van der Waals surface area contributed by atoms with E-state index in [1.165, 1.54) is 13.3 Å². The van der Waals surface area contributed by atoms with Crippen molar-refractivity contribution >= 4 is 11.5 Å². The largest absolute Gasteiger partial charge is 0.507 e. The number of hydrogen-bond acceptors (Lipinski definition) is 4. The number of Topliss-reactive ketones (excluding diaryl/α,β-unsaturated/α-hetero) is 1. The Kier molecular flexibility index (Phi) is 4.10. The number of carbonyl (C=O) groups is 1. The Hall–Kier alpha value is -1.55. The third-order valence-corrected chi connectivity index (χ3v) is 3.92. The summed E-state index contributed by atoms with van der Waals surface area (Å²) in [5.74, 6) is -0.0369. The molecule has 1 aliphatic heterocycles. The predicted molar refractivity (Wildman–Crippen MR) is 77.0 cm³/mol. The third kappa shape index (κ3) is 3.07. The number of anilines is 1. The van der Waals surface area contributed by atoms with Crippen LogP contribution in [-0.2, 0) is 0 Å². The highest BCUT2D eigenvalue weighted by Gasteiger charge is 2.22. The van der Waals surface area contributed by atoms with E-state index in [4.69, 9.17) is 0 Å². The summed E-state index contributed by atoms with van der Waals surface area (Å²) in [6.07, 6.45) is 2.36. The van der Waals surface area contributed by atoms with Crippen LogP contribution in [0.5, 0.6) is 5.75 Å². The Morgan fingerprint density at radius 1 is 1.47 bits per heavy atom. The number of nitrogens with zero attached hydrogens (tertiary/aromatic N) is 2. The molecule has 1 saturated heterocycles. The van der Waals surface area contributed by atoms with Gasteiger partial charge >= 0.3 is 0 Å². The smallest absolute Gasteiger partial charge is 0.163 e. The quantitative estimate of drug-likeness (QED) is 0.847. The molecule has 0 amide bonds. The molecule has 1 aromatic rings. The summed E-state index contributed by atoms with van der Waals surface area (Å²) in [6, 6.07) is 5.76. The molecule has 0 aromatic heterocycles. The number of likely N-dealkylation sites (tertiary alicyclic amines) is 1. The Balaban J connectivity index is 2.17. The topological polar surface area (TPSA) is 43.8 Å².